The van der Waals surface area contributed by atoms with Crippen LogP contribution < -0.4 is 5.32 Å². The maximum atomic E-state index is 13.5. The molecule has 0 radical (unpaired) electrons. The molecule has 0 aliphatic heterocycles. The summed E-state index contributed by atoms with van der Waals surface area (Å²) in [5, 5.41) is 10.6. The van der Waals surface area contributed by atoms with Gasteiger partial charge in [-0.1, -0.05) is 49.0 Å². The van der Waals surface area contributed by atoms with Crippen LogP contribution in [0.5, 0.6) is 0 Å². The van der Waals surface area contributed by atoms with Crippen molar-refractivity contribution in [1.82, 2.24) is 10.2 Å². The van der Waals surface area contributed by atoms with Crippen LogP contribution in [0.1, 0.15) is 24.3 Å². The van der Waals surface area contributed by atoms with Gasteiger partial charge in [0.15, 0.2) is 0 Å². The van der Waals surface area contributed by atoms with E-state index in [4.69, 9.17) is 4.42 Å². The number of benzene rings is 2. The van der Waals surface area contributed by atoms with Gasteiger partial charge in [0.25, 0.3) is 5.22 Å². The molecule has 140 valence electrons. The quantitative estimate of drug-likeness (QED) is 0.606. The lowest BCUT2D eigenvalue weighted by Gasteiger charge is -2.08. The molecule has 0 saturated carbocycles. The predicted octanol–water partition coefficient (Wildman–Crippen LogP) is 4.42. The molecule has 1 aromatic heterocycles. The molecule has 5 nitrogen and oxygen atoms in total. The number of halogens is 2. The maximum Gasteiger partial charge on any atom is 0.277 e. The first-order valence-corrected chi connectivity index (χ1v) is 9.25. The lowest BCUT2D eigenvalue weighted by atomic mass is 9.98. The van der Waals surface area contributed by atoms with Gasteiger partial charge in [0.1, 0.15) is 11.6 Å². The van der Waals surface area contributed by atoms with Crippen LogP contribution in [0.4, 0.5) is 14.5 Å². The van der Waals surface area contributed by atoms with Gasteiger partial charge >= 0.3 is 0 Å². The largest absolute Gasteiger partial charge is 0.416 e. The number of hydrogen-bond acceptors (Lipinski definition) is 5. The maximum absolute atomic E-state index is 13.5. The zero-order chi connectivity index (χ0) is 19.2. The Morgan fingerprint density at radius 1 is 1.19 bits per heavy atom. The molecule has 3 aromatic rings. The number of thioether (sulfide) groups is 1. The van der Waals surface area contributed by atoms with E-state index in [0.29, 0.717) is 18.4 Å². The summed E-state index contributed by atoms with van der Waals surface area (Å²) in [6, 6.07) is 12.9. The Bertz CT molecular complexity index is 918. The highest BCUT2D eigenvalue weighted by Crippen LogP contribution is 2.23. The summed E-state index contributed by atoms with van der Waals surface area (Å²) in [6.45, 7) is 2.07. The van der Waals surface area contributed by atoms with Gasteiger partial charge in [0.05, 0.1) is 11.4 Å². The fourth-order valence-corrected chi connectivity index (χ4v) is 3.03. The standard InChI is InChI=1S/C19H17F2N3O2S/c1-12(13-5-3-2-4-6-13)9-18-23-24-19(26-18)27-11-17(25)22-16-8-7-14(20)10-15(16)21/h2-8,10,12H,9,11H2,1H3,(H,22,25). The van der Waals surface area contributed by atoms with Gasteiger partial charge in [-0.05, 0) is 23.6 Å². The van der Waals surface area contributed by atoms with E-state index < -0.39 is 17.5 Å². The first-order valence-electron chi connectivity index (χ1n) is 8.26. The molecule has 0 saturated heterocycles. The number of nitrogens with one attached hydrogen (secondary N) is 1. The smallest absolute Gasteiger partial charge is 0.277 e. The summed E-state index contributed by atoms with van der Waals surface area (Å²) in [5.74, 6) is -1.32. The third-order valence-corrected chi connectivity index (χ3v) is 4.65. The average Bonchev–Trinajstić information content (AvgIpc) is 3.10. The summed E-state index contributed by atoms with van der Waals surface area (Å²) in [4.78, 5) is 11.9. The predicted molar refractivity (Wildman–Crippen MR) is 98.6 cm³/mol. The molecular weight excluding hydrogens is 372 g/mol. The molecule has 0 fully saturated rings. The molecular formula is C19H17F2N3O2S. The van der Waals surface area contributed by atoms with Gasteiger partial charge in [-0.2, -0.15) is 0 Å². The molecule has 2 aromatic carbocycles. The number of rotatable bonds is 7. The minimum atomic E-state index is -0.830. The van der Waals surface area contributed by atoms with Crippen LogP contribution in [0.15, 0.2) is 58.2 Å². The topological polar surface area (TPSA) is 68.0 Å². The number of nitrogens with zero attached hydrogens (tertiary/aromatic N) is 2. The molecule has 0 aliphatic carbocycles. The SMILES string of the molecule is CC(Cc1nnc(SCC(=O)Nc2ccc(F)cc2F)o1)c1ccccc1. The molecule has 1 heterocycles. The zero-order valence-electron chi connectivity index (χ0n) is 14.5. The summed E-state index contributed by atoms with van der Waals surface area (Å²) < 4.78 is 32.0. The third kappa shape index (κ3) is 5.37. The molecule has 1 N–H and O–H groups in total. The Balaban J connectivity index is 1.51. The second-order valence-electron chi connectivity index (χ2n) is 5.94. The van der Waals surface area contributed by atoms with E-state index in [1.54, 1.807) is 0 Å². The lowest BCUT2D eigenvalue weighted by molar-refractivity contribution is -0.113. The van der Waals surface area contributed by atoms with E-state index in [2.05, 4.69) is 22.4 Å². The van der Waals surface area contributed by atoms with Gasteiger partial charge in [-0.25, -0.2) is 8.78 Å². The molecule has 0 spiro atoms. The van der Waals surface area contributed by atoms with Crippen molar-refractivity contribution >= 4 is 23.4 Å². The molecule has 0 bridgehead atoms. The highest BCUT2D eigenvalue weighted by molar-refractivity contribution is 7.99. The van der Waals surface area contributed by atoms with Crippen LogP contribution in [0, 0.1) is 11.6 Å². The van der Waals surface area contributed by atoms with E-state index in [9.17, 15) is 13.6 Å². The number of aromatic nitrogens is 2. The second kappa shape index (κ2) is 8.77. The van der Waals surface area contributed by atoms with Crippen molar-refractivity contribution in [3.05, 3.63) is 71.6 Å². The van der Waals surface area contributed by atoms with Crippen LogP contribution in [0.3, 0.4) is 0 Å². The minimum Gasteiger partial charge on any atom is -0.416 e. The summed E-state index contributed by atoms with van der Waals surface area (Å²) in [7, 11) is 0. The molecule has 3 rings (SSSR count). The van der Waals surface area contributed by atoms with Gasteiger partial charge in [-0.3, -0.25) is 4.79 Å². The summed E-state index contributed by atoms with van der Waals surface area (Å²) >= 11 is 1.05. The average molecular weight is 389 g/mol. The van der Waals surface area contributed by atoms with Crippen molar-refractivity contribution in [1.29, 1.82) is 0 Å². The van der Waals surface area contributed by atoms with Crippen molar-refractivity contribution in [3.8, 4) is 0 Å². The van der Waals surface area contributed by atoms with Crippen LogP contribution in [-0.2, 0) is 11.2 Å². The van der Waals surface area contributed by atoms with Gasteiger partial charge in [-0.15, -0.1) is 10.2 Å². The number of carbonyl (C=O) groups excluding carboxylic acids is 1. The minimum absolute atomic E-state index is 0.0350. The fraction of sp³-hybridized carbons (Fsp3) is 0.211. The number of hydrogen-bond donors (Lipinski definition) is 1. The molecule has 1 amide bonds. The van der Waals surface area contributed by atoms with Crippen LogP contribution >= 0.6 is 11.8 Å². The zero-order valence-corrected chi connectivity index (χ0v) is 15.3. The van der Waals surface area contributed by atoms with Crippen LogP contribution in [0.2, 0.25) is 0 Å². The third-order valence-electron chi connectivity index (χ3n) is 3.83. The molecule has 27 heavy (non-hydrogen) atoms. The summed E-state index contributed by atoms with van der Waals surface area (Å²) in [6.07, 6.45) is 0.588. The van der Waals surface area contributed by atoms with E-state index in [0.717, 1.165) is 17.8 Å². The van der Waals surface area contributed by atoms with Crippen molar-refractivity contribution in [2.45, 2.75) is 24.5 Å². The fourth-order valence-electron chi connectivity index (χ4n) is 2.44. The first kappa shape index (κ1) is 19.0. The number of anilines is 1. The Morgan fingerprint density at radius 3 is 2.70 bits per heavy atom. The summed E-state index contributed by atoms with van der Waals surface area (Å²) in [5.41, 5.74) is 1.09. The van der Waals surface area contributed by atoms with E-state index in [-0.39, 0.29) is 22.6 Å². The Labute approximate surface area is 159 Å². The van der Waals surface area contributed by atoms with Gasteiger partial charge in [0.2, 0.25) is 11.8 Å². The number of amides is 1. The highest BCUT2D eigenvalue weighted by Gasteiger charge is 2.14. The van der Waals surface area contributed by atoms with Crippen molar-refractivity contribution in [2.24, 2.45) is 0 Å². The normalized spacial score (nSPS) is 12.0. The van der Waals surface area contributed by atoms with Crippen molar-refractivity contribution in [2.75, 3.05) is 11.1 Å². The van der Waals surface area contributed by atoms with E-state index in [1.165, 1.54) is 11.6 Å². The molecule has 8 heteroatoms. The first-order chi connectivity index (χ1) is 13.0. The Hall–Kier alpha value is -2.74. The van der Waals surface area contributed by atoms with Gasteiger partial charge in [0, 0.05) is 12.5 Å². The number of carbonyl (C=O) groups is 1. The van der Waals surface area contributed by atoms with E-state index >= 15 is 0 Å². The van der Waals surface area contributed by atoms with E-state index in [1.807, 2.05) is 30.3 Å². The van der Waals surface area contributed by atoms with Crippen LogP contribution in [0.25, 0.3) is 0 Å². The Morgan fingerprint density at radius 2 is 1.96 bits per heavy atom. The van der Waals surface area contributed by atoms with Crippen molar-refractivity contribution in [3.63, 3.8) is 0 Å². The highest BCUT2D eigenvalue weighted by atomic mass is 32.2. The molecule has 0 aliphatic rings. The Kier molecular flexibility index (Phi) is 6.18. The van der Waals surface area contributed by atoms with Crippen LogP contribution in [-0.4, -0.2) is 21.9 Å². The molecule has 1 unspecified atom stereocenters. The monoisotopic (exact) mass is 389 g/mol. The van der Waals surface area contributed by atoms with Gasteiger partial charge < -0.3 is 9.73 Å². The second-order valence-corrected chi connectivity index (χ2v) is 6.87. The van der Waals surface area contributed by atoms with Crippen molar-refractivity contribution < 1.29 is 18.0 Å². The molecule has 1 atom stereocenters. The lowest BCUT2D eigenvalue weighted by Crippen LogP contribution is -2.15.